The first kappa shape index (κ1) is 24.2. The van der Waals surface area contributed by atoms with Gasteiger partial charge in [-0.25, -0.2) is 4.79 Å². The monoisotopic (exact) mass is 399 g/mol. The molecular formula is C20H37N3O5. The Balaban J connectivity index is 2.67. The van der Waals surface area contributed by atoms with Gasteiger partial charge in [0, 0.05) is 12.5 Å². The van der Waals surface area contributed by atoms with Gasteiger partial charge in [0.1, 0.15) is 6.04 Å². The van der Waals surface area contributed by atoms with Crippen LogP contribution in [0.15, 0.2) is 0 Å². The number of hydrogen-bond donors (Lipinski definition) is 4. The quantitative estimate of drug-likeness (QED) is 0.373. The number of amides is 3. The number of rotatable bonds is 12. The lowest BCUT2D eigenvalue weighted by atomic mass is 9.88. The van der Waals surface area contributed by atoms with E-state index in [9.17, 15) is 19.5 Å². The highest BCUT2D eigenvalue weighted by molar-refractivity contribution is 5.86. The van der Waals surface area contributed by atoms with E-state index in [4.69, 9.17) is 4.74 Å². The second-order valence-corrected chi connectivity index (χ2v) is 8.36. The number of hydrogen-bond acceptors (Lipinski definition) is 5. The van der Waals surface area contributed by atoms with Crippen LogP contribution in [0.3, 0.4) is 0 Å². The van der Waals surface area contributed by atoms with Crippen LogP contribution in [0.25, 0.3) is 0 Å². The molecule has 4 N–H and O–H groups in total. The molecule has 1 heterocycles. The van der Waals surface area contributed by atoms with Crippen molar-refractivity contribution in [2.24, 2.45) is 11.8 Å². The molecule has 1 rings (SSSR count). The van der Waals surface area contributed by atoms with Crippen molar-refractivity contribution < 1.29 is 24.2 Å². The summed E-state index contributed by atoms with van der Waals surface area (Å²) in [5.41, 5.74) is -0.939. The maximum atomic E-state index is 12.8. The van der Waals surface area contributed by atoms with Crippen LogP contribution in [-0.4, -0.2) is 54.4 Å². The topological polar surface area (TPSA) is 117 Å². The van der Waals surface area contributed by atoms with E-state index < -0.39 is 17.7 Å². The average molecular weight is 400 g/mol. The molecule has 3 atom stereocenters. The number of nitrogens with one attached hydrogen (secondary N) is 3. The maximum Gasteiger partial charge on any atom is 0.407 e. The summed E-state index contributed by atoms with van der Waals surface area (Å²) in [4.78, 5) is 36.7. The zero-order valence-corrected chi connectivity index (χ0v) is 17.7. The van der Waals surface area contributed by atoms with Gasteiger partial charge in [0.15, 0.2) is 0 Å². The van der Waals surface area contributed by atoms with Crippen LogP contribution in [0.1, 0.15) is 66.2 Å². The normalized spacial score (nSPS) is 19.6. The fourth-order valence-corrected chi connectivity index (χ4v) is 3.33. The minimum Gasteiger partial charge on any atom is -0.450 e. The summed E-state index contributed by atoms with van der Waals surface area (Å²) in [6.45, 7) is 8.34. The van der Waals surface area contributed by atoms with Crippen LogP contribution < -0.4 is 16.0 Å². The predicted molar refractivity (Wildman–Crippen MR) is 107 cm³/mol. The molecule has 0 aromatic rings. The summed E-state index contributed by atoms with van der Waals surface area (Å²) in [6, 6.07) is -0.762. The van der Waals surface area contributed by atoms with Crippen molar-refractivity contribution >= 4 is 17.9 Å². The Labute approximate surface area is 168 Å². The first-order chi connectivity index (χ1) is 13.2. The molecule has 162 valence electrons. The molecule has 0 aromatic heterocycles. The molecule has 8 heteroatoms. The van der Waals surface area contributed by atoms with Crippen molar-refractivity contribution in [1.82, 2.24) is 16.0 Å². The number of ether oxygens (including phenoxy) is 1. The number of aliphatic hydroxyl groups excluding tert-OH is 1. The molecular weight excluding hydrogens is 362 g/mol. The third kappa shape index (κ3) is 8.46. The summed E-state index contributed by atoms with van der Waals surface area (Å²) in [6.07, 6.45) is 3.66. The molecule has 0 saturated carbocycles. The van der Waals surface area contributed by atoms with E-state index in [0.717, 1.165) is 19.3 Å². The second kappa shape index (κ2) is 11.9. The summed E-state index contributed by atoms with van der Waals surface area (Å²) < 4.78 is 5.15. The molecule has 1 aliphatic rings. The van der Waals surface area contributed by atoms with Crippen molar-refractivity contribution in [2.75, 3.05) is 19.8 Å². The van der Waals surface area contributed by atoms with Crippen molar-refractivity contribution in [1.29, 1.82) is 0 Å². The van der Waals surface area contributed by atoms with Gasteiger partial charge < -0.3 is 25.8 Å². The van der Waals surface area contributed by atoms with Crippen LogP contribution in [-0.2, 0) is 14.3 Å². The van der Waals surface area contributed by atoms with Crippen LogP contribution in [0.5, 0.6) is 0 Å². The molecule has 0 radical (unpaired) electrons. The minimum atomic E-state index is -0.939. The van der Waals surface area contributed by atoms with E-state index in [-0.39, 0.29) is 30.3 Å². The largest absolute Gasteiger partial charge is 0.450 e. The first-order valence-corrected chi connectivity index (χ1v) is 10.3. The van der Waals surface area contributed by atoms with E-state index >= 15 is 0 Å². The molecule has 0 aromatic carbocycles. The van der Waals surface area contributed by atoms with Gasteiger partial charge >= 0.3 is 6.09 Å². The van der Waals surface area contributed by atoms with Gasteiger partial charge in [0.2, 0.25) is 11.8 Å². The van der Waals surface area contributed by atoms with Gasteiger partial charge in [-0.1, -0.05) is 33.6 Å². The van der Waals surface area contributed by atoms with Gasteiger partial charge in [0.05, 0.1) is 18.8 Å². The molecule has 8 nitrogen and oxygen atoms in total. The highest BCUT2D eigenvalue weighted by Crippen LogP contribution is 2.23. The average Bonchev–Trinajstić information content (AvgIpc) is 3.02. The van der Waals surface area contributed by atoms with Crippen molar-refractivity contribution in [3.8, 4) is 0 Å². The second-order valence-electron chi connectivity index (χ2n) is 8.36. The fraction of sp³-hybridized carbons (Fsp3) is 0.850. The smallest absolute Gasteiger partial charge is 0.407 e. The molecule has 1 fully saturated rings. The fourth-order valence-electron chi connectivity index (χ4n) is 3.33. The van der Waals surface area contributed by atoms with Gasteiger partial charge in [-0.3, -0.25) is 9.59 Å². The third-order valence-corrected chi connectivity index (χ3v) is 4.93. The van der Waals surface area contributed by atoms with E-state index in [2.05, 4.69) is 22.9 Å². The molecule has 0 aliphatic carbocycles. The SMILES string of the molecule is CCCCCOC(=O)N[C@@H](CC(C)C)C(=O)NC(C)(CO)CC1CCNC1=O. The van der Waals surface area contributed by atoms with Crippen LogP contribution in [0.4, 0.5) is 4.79 Å². The van der Waals surface area contributed by atoms with E-state index in [1.807, 2.05) is 13.8 Å². The highest BCUT2D eigenvalue weighted by atomic mass is 16.5. The lowest BCUT2D eigenvalue weighted by Gasteiger charge is -2.32. The van der Waals surface area contributed by atoms with E-state index in [1.165, 1.54) is 0 Å². The predicted octanol–water partition coefficient (Wildman–Crippen LogP) is 1.71. The van der Waals surface area contributed by atoms with Gasteiger partial charge in [-0.15, -0.1) is 0 Å². The summed E-state index contributed by atoms with van der Waals surface area (Å²) in [5.74, 6) is -0.495. The zero-order valence-electron chi connectivity index (χ0n) is 17.7. The number of unbranched alkanes of at least 4 members (excludes halogenated alkanes) is 2. The van der Waals surface area contributed by atoms with Crippen LogP contribution >= 0.6 is 0 Å². The van der Waals surface area contributed by atoms with Gasteiger partial charge in [-0.2, -0.15) is 0 Å². The molecule has 0 spiro atoms. The standard InChI is InChI=1S/C20H37N3O5/c1-5-6-7-10-28-19(27)22-16(11-14(2)3)18(26)23-20(4,13-24)12-15-8-9-21-17(15)25/h14-16,24H,5-13H2,1-4H3,(H,21,25)(H,22,27)(H,23,26)/t15?,16-,20?/m0/s1. The molecule has 3 amide bonds. The molecule has 0 bridgehead atoms. The van der Waals surface area contributed by atoms with Gasteiger partial charge in [-0.05, 0) is 38.5 Å². The Morgan fingerprint density at radius 3 is 2.61 bits per heavy atom. The summed E-state index contributed by atoms with van der Waals surface area (Å²) in [5, 5.41) is 18.1. The van der Waals surface area contributed by atoms with Crippen molar-refractivity contribution in [2.45, 2.75) is 77.8 Å². The lowest BCUT2D eigenvalue weighted by molar-refractivity contribution is -0.128. The Morgan fingerprint density at radius 2 is 2.07 bits per heavy atom. The van der Waals surface area contributed by atoms with Crippen molar-refractivity contribution in [3.63, 3.8) is 0 Å². The number of carbonyl (C=O) groups excluding carboxylic acids is 3. The van der Waals surface area contributed by atoms with E-state index in [1.54, 1.807) is 6.92 Å². The Morgan fingerprint density at radius 1 is 1.36 bits per heavy atom. The number of alkyl carbamates (subject to hydrolysis) is 1. The zero-order chi connectivity index (χ0) is 21.2. The number of aliphatic hydroxyl groups is 1. The molecule has 28 heavy (non-hydrogen) atoms. The summed E-state index contributed by atoms with van der Waals surface area (Å²) in [7, 11) is 0. The Kier molecular flexibility index (Phi) is 10.3. The first-order valence-electron chi connectivity index (χ1n) is 10.3. The van der Waals surface area contributed by atoms with Crippen LogP contribution in [0.2, 0.25) is 0 Å². The van der Waals surface area contributed by atoms with Crippen LogP contribution in [0, 0.1) is 11.8 Å². The molecule has 2 unspecified atom stereocenters. The van der Waals surface area contributed by atoms with E-state index in [0.29, 0.717) is 32.4 Å². The van der Waals surface area contributed by atoms with Crippen molar-refractivity contribution in [3.05, 3.63) is 0 Å². The maximum absolute atomic E-state index is 12.8. The Bertz CT molecular complexity index is 526. The molecule has 1 aliphatic heterocycles. The minimum absolute atomic E-state index is 0.0542. The third-order valence-electron chi connectivity index (χ3n) is 4.93. The lowest BCUT2D eigenvalue weighted by Crippen LogP contribution is -2.57. The highest BCUT2D eigenvalue weighted by Gasteiger charge is 2.36. The van der Waals surface area contributed by atoms with Gasteiger partial charge in [0.25, 0.3) is 0 Å². The number of carbonyl (C=O) groups is 3. The summed E-state index contributed by atoms with van der Waals surface area (Å²) >= 11 is 0. The Hall–Kier alpha value is -1.83. The molecule has 1 saturated heterocycles.